The van der Waals surface area contributed by atoms with Crippen molar-refractivity contribution >= 4 is 0 Å². The van der Waals surface area contributed by atoms with E-state index in [9.17, 15) is 18.3 Å². The average Bonchev–Trinajstić information content (AvgIpc) is 2.18. The van der Waals surface area contributed by atoms with Crippen LogP contribution < -0.4 is 4.74 Å². The summed E-state index contributed by atoms with van der Waals surface area (Å²) >= 11 is 0. The van der Waals surface area contributed by atoms with Crippen LogP contribution in [0.3, 0.4) is 0 Å². The maximum Gasteiger partial charge on any atom is 0.416 e. The number of rotatable bonds is 3. The van der Waals surface area contributed by atoms with Crippen LogP contribution in [0.5, 0.6) is 11.5 Å². The highest BCUT2D eigenvalue weighted by Crippen LogP contribution is 2.39. The number of ether oxygens (including phenoxy) is 1. The molecule has 0 aliphatic heterocycles. The van der Waals surface area contributed by atoms with Crippen molar-refractivity contribution in [3.8, 4) is 11.5 Å². The molecule has 1 aromatic carbocycles. The van der Waals surface area contributed by atoms with Gasteiger partial charge >= 0.3 is 6.18 Å². The lowest BCUT2D eigenvalue weighted by atomic mass is 10.0. The lowest BCUT2D eigenvalue weighted by Gasteiger charge is -2.14. The molecule has 0 atom stereocenters. The van der Waals surface area contributed by atoms with Crippen molar-refractivity contribution in [2.45, 2.75) is 19.5 Å². The van der Waals surface area contributed by atoms with E-state index >= 15 is 0 Å². The number of hydrogen-bond acceptors (Lipinski definition) is 2. The van der Waals surface area contributed by atoms with Gasteiger partial charge in [-0.05, 0) is 25.5 Å². The zero-order chi connectivity index (χ0) is 13.2. The molecule has 5 heteroatoms. The highest BCUT2D eigenvalue weighted by Gasteiger charge is 2.32. The largest absolute Gasteiger partial charge is 0.504 e. The van der Waals surface area contributed by atoms with Crippen molar-refractivity contribution in [1.29, 1.82) is 0 Å². The number of phenolic OH excluding ortho intramolecular Hbond substituents is 1. The number of aromatic hydroxyl groups is 1. The maximum absolute atomic E-state index is 12.6. The van der Waals surface area contributed by atoms with E-state index in [1.54, 1.807) is 6.92 Å². The van der Waals surface area contributed by atoms with E-state index in [0.717, 1.165) is 12.1 Å². The van der Waals surface area contributed by atoms with Gasteiger partial charge in [-0.2, -0.15) is 13.2 Å². The minimum Gasteiger partial charge on any atom is -0.504 e. The predicted molar refractivity (Wildman–Crippen MR) is 58.2 cm³/mol. The Balaban J connectivity index is 3.33. The van der Waals surface area contributed by atoms with Crippen LogP contribution in [0.4, 0.5) is 13.2 Å². The molecule has 0 spiro atoms. The lowest BCUT2D eigenvalue weighted by molar-refractivity contribution is -0.137. The summed E-state index contributed by atoms with van der Waals surface area (Å²) in [7, 11) is 1.21. The number of phenols is 1. The normalized spacial score (nSPS) is 11.4. The first-order chi connectivity index (χ1) is 7.75. The fourth-order valence-corrected chi connectivity index (χ4v) is 1.44. The Morgan fingerprint density at radius 2 is 2.00 bits per heavy atom. The van der Waals surface area contributed by atoms with Gasteiger partial charge in [-0.3, -0.25) is 0 Å². The topological polar surface area (TPSA) is 29.5 Å². The third-order valence-electron chi connectivity index (χ3n) is 2.19. The van der Waals surface area contributed by atoms with Gasteiger partial charge in [0.2, 0.25) is 0 Å². The van der Waals surface area contributed by atoms with Crippen molar-refractivity contribution in [1.82, 2.24) is 0 Å². The Morgan fingerprint density at radius 1 is 1.41 bits per heavy atom. The van der Waals surface area contributed by atoms with E-state index in [2.05, 4.69) is 6.58 Å². The van der Waals surface area contributed by atoms with Crippen molar-refractivity contribution in [3.05, 3.63) is 35.4 Å². The van der Waals surface area contributed by atoms with E-state index in [0.29, 0.717) is 5.57 Å². The summed E-state index contributed by atoms with van der Waals surface area (Å²) in [5, 5.41) is 9.69. The molecule has 0 fully saturated rings. The van der Waals surface area contributed by atoms with Crippen LogP contribution in [-0.4, -0.2) is 12.2 Å². The molecule has 0 aliphatic rings. The highest BCUT2D eigenvalue weighted by molar-refractivity contribution is 5.50. The van der Waals surface area contributed by atoms with Gasteiger partial charge in [-0.1, -0.05) is 12.2 Å². The smallest absolute Gasteiger partial charge is 0.416 e. The molecule has 0 radical (unpaired) electrons. The van der Waals surface area contributed by atoms with E-state index in [1.807, 2.05) is 0 Å². The zero-order valence-electron chi connectivity index (χ0n) is 9.56. The SMILES string of the molecule is C=C(C)Cc1cc(C(F)(F)F)cc(OC)c1O. The molecule has 0 heterocycles. The molecule has 17 heavy (non-hydrogen) atoms. The first kappa shape index (κ1) is 13.4. The van der Waals surface area contributed by atoms with Gasteiger partial charge in [0.05, 0.1) is 12.7 Å². The summed E-state index contributed by atoms with van der Waals surface area (Å²) in [6.07, 6.45) is -4.29. The predicted octanol–water partition coefficient (Wildman–Crippen LogP) is 3.54. The van der Waals surface area contributed by atoms with Gasteiger partial charge in [0.1, 0.15) is 0 Å². The molecule has 0 bridgehead atoms. The van der Waals surface area contributed by atoms with Gasteiger partial charge in [0, 0.05) is 5.56 Å². The van der Waals surface area contributed by atoms with Crippen LogP contribution >= 0.6 is 0 Å². The van der Waals surface area contributed by atoms with E-state index in [4.69, 9.17) is 4.74 Å². The number of halogens is 3. The Kier molecular flexibility index (Phi) is 3.70. The molecule has 0 amide bonds. The molecular weight excluding hydrogens is 233 g/mol. The van der Waals surface area contributed by atoms with E-state index in [1.165, 1.54) is 7.11 Å². The van der Waals surface area contributed by atoms with Crippen molar-refractivity contribution in [3.63, 3.8) is 0 Å². The van der Waals surface area contributed by atoms with E-state index < -0.39 is 11.7 Å². The number of benzene rings is 1. The molecular formula is C12H13F3O2. The first-order valence-electron chi connectivity index (χ1n) is 4.87. The summed E-state index contributed by atoms with van der Waals surface area (Å²) < 4.78 is 42.5. The molecule has 0 aliphatic carbocycles. The van der Waals surface area contributed by atoms with Crippen molar-refractivity contribution in [2.24, 2.45) is 0 Å². The van der Waals surface area contributed by atoms with E-state index in [-0.39, 0.29) is 23.5 Å². The number of alkyl halides is 3. The van der Waals surface area contributed by atoms with Gasteiger partial charge in [0.15, 0.2) is 11.5 Å². The van der Waals surface area contributed by atoms with Gasteiger partial charge in [-0.25, -0.2) is 0 Å². The van der Waals surface area contributed by atoms with Crippen LogP contribution in [0.15, 0.2) is 24.3 Å². The second-order valence-corrected chi connectivity index (χ2v) is 3.82. The van der Waals surface area contributed by atoms with Crippen LogP contribution in [0, 0.1) is 0 Å². The third-order valence-corrected chi connectivity index (χ3v) is 2.19. The van der Waals surface area contributed by atoms with Gasteiger partial charge in [-0.15, -0.1) is 0 Å². The maximum atomic E-state index is 12.6. The molecule has 2 nitrogen and oxygen atoms in total. The molecule has 94 valence electrons. The Hall–Kier alpha value is -1.65. The Labute approximate surface area is 97.3 Å². The minimum atomic E-state index is -4.47. The number of allylic oxidation sites excluding steroid dienone is 1. The summed E-state index contributed by atoms with van der Waals surface area (Å²) in [5.74, 6) is -0.459. The second kappa shape index (κ2) is 4.69. The third kappa shape index (κ3) is 3.15. The molecule has 1 N–H and O–H groups in total. The quantitative estimate of drug-likeness (QED) is 0.826. The number of hydrogen-bond donors (Lipinski definition) is 1. The molecule has 0 saturated carbocycles. The lowest BCUT2D eigenvalue weighted by Crippen LogP contribution is -2.06. The van der Waals surface area contributed by atoms with Crippen LogP contribution in [0.25, 0.3) is 0 Å². The van der Waals surface area contributed by atoms with Crippen LogP contribution in [0.1, 0.15) is 18.1 Å². The Morgan fingerprint density at radius 3 is 2.41 bits per heavy atom. The summed E-state index contributed by atoms with van der Waals surface area (Å²) in [5.41, 5.74) is -0.0331. The zero-order valence-corrected chi connectivity index (χ0v) is 9.56. The molecule has 0 saturated heterocycles. The van der Waals surface area contributed by atoms with Crippen molar-refractivity contribution < 1.29 is 23.0 Å². The Bertz CT molecular complexity index is 436. The van der Waals surface area contributed by atoms with Crippen LogP contribution in [-0.2, 0) is 12.6 Å². The first-order valence-corrected chi connectivity index (χ1v) is 4.87. The summed E-state index contributed by atoms with van der Waals surface area (Å²) in [6.45, 7) is 5.28. The molecule has 0 unspecified atom stereocenters. The number of methoxy groups -OCH3 is 1. The fraction of sp³-hybridized carbons (Fsp3) is 0.333. The van der Waals surface area contributed by atoms with Gasteiger partial charge < -0.3 is 9.84 Å². The molecule has 1 rings (SSSR count). The summed E-state index contributed by atoms with van der Waals surface area (Å²) in [6, 6.07) is 1.68. The fourth-order valence-electron chi connectivity index (χ4n) is 1.44. The summed E-state index contributed by atoms with van der Waals surface area (Å²) in [4.78, 5) is 0. The van der Waals surface area contributed by atoms with Gasteiger partial charge in [0.25, 0.3) is 0 Å². The average molecular weight is 246 g/mol. The monoisotopic (exact) mass is 246 g/mol. The minimum absolute atomic E-state index is 0.157. The highest BCUT2D eigenvalue weighted by atomic mass is 19.4. The second-order valence-electron chi connectivity index (χ2n) is 3.82. The van der Waals surface area contributed by atoms with Crippen LogP contribution in [0.2, 0.25) is 0 Å². The van der Waals surface area contributed by atoms with Crippen molar-refractivity contribution in [2.75, 3.05) is 7.11 Å². The molecule has 1 aromatic rings. The molecule has 0 aromatic heterocycles. The standard InChI is InChI=1S/C12H13F3O2/c1-7(2)4-8-5-9(12(13,14)15)6-10(17-3)11(8)16/h5-6,16H,1,4H2,2-3H3.